The van der Waals surface area contributed by atoms with Gasteiger partial charge in [0.2, 0.25) is 0 Å². The summed E-state index contributed by atoms with van der Waals surface area (Å²) in [5.74, 6) is -0.871. The maximum absolute atomic E-state index is 11.7. The molecule has 19 heavy (non-hydrogen) atoms. The number of rotatable bonds is 4. The molecule has 2 aromatic carbocycles. The van der Waals surface area contributed by atoms with Crippen molar-refractivity contribution in [1.29, 1.82) is 0 Å². The van der Waals surface area contributed by atoms with Crippen molar-refractivity contribution >= 4 is 17.6 Å². The van der Waals surface area contributed by atoms with Gasteiger partial charge in [-0.3, -0.25) is 4.79 Å². The monoisotopic (exact) mass is 274 g/mol. The van der Waals surface area contributed by atoms with Gasteiger partial charge in [0.25, 0.3) is 0 Å². The first-order valence-corrected chi connectivity index (χ1v) is 6.44. The van der Waals surface area contributed by atoms with Gasteiger partial charge >= 0.3 is 5.97 Å². The molecule has 2 aromatic rings. The lowest BCUT2D eigenvalue weighted by molar-refractivity contribution is -0.143. The van der Waals surface area contributed by atoms with Crippen molar-refractivity contribution in [3.8, 4) is 0 Å². The van der Waals surface area contributed by atoms with Crippen molar-refractivity contribution in [2.75, 3.05) is 0 Å². The molecule has 0 aliphatic rings. The molecule has 1 N–H and O–H groups in total. The summed E-state index contributed by atoms with van der Waals surface area (Å²) in [6.45, 7) is 1.71. The van der Waals surface area contributed by atoms with Crippen LogP contribution in [0.25, 0.3) is 0 Å². The molecule has 0 saturated carbocycles. The van der Waals surface area contributed by atoms with Crippen LogP contribution in [0.4, 0.5) is 0 Å². The molecule has 0 saturated heterocycles. The zero-order valence-electron chi connectivity index (χ0n) is 10.6. The van der Waals surface area contributed by atoms with E-state index >= 15 is 0 Å². The fourth-order valence-corrected chi connectivity index (χ4v) is 2.54. The fourth-order valence-electron chi connectivity index (χ4n) is 2.20. The average molecular weight is 275 g/mol. The molecule has 0 unspecified atom stereocenters. The SMILES string of the molecule is C[C@@](Cc1ccccc1)(C(=O)O)c1ccccc1Cl. The molecule has 2 rings (SSSR count). The molecule has 98 valence electrons. The number of aliphatic carboxylic acids is 1. The van der Waals surface area contributed by atoms with Crippen molar-refractivity contribution in [2.24, 2.45) is 0 Å². The van der Waals surface area contributed by atoms with Gasteiger partial charge in [-0.2, -0.15) is 0 Å². The Bertz CT molecular complexity index is 580. The van der Waals surface area contributed by atoms with Gasteiger partial charge in [0, 0.05) is 5.02 Å². The van der Waals surface area contributed by atoms with Crippen molar-refractivity contribution in [3.63, 3.8) is 0 Å². The molecule has 0 amide bonds. The van der Waals surface area contributed by atoms with Gasteiger partial charge in [-0.15, -0.1) is 0 Å². The smallest absolute Gasteiger partial charge is 0.314 e. The van der Waals surface area contributed by atoms with E-state index in [1.54, 1.807) is 25.1 Å². The Kier molecular flexibility index (Phi) is 3.91. The minimum atomic E-state index is -1.03. The van der Waals surface area contributed by atoms with Crippen LogP contribution in [0.15, 0.2) is 54.6 Å². The molecule has 1 atom stereocenters. The van der Waals surface area contributed by atoms with E-state index < -0.39 is 11.4 Å². The lowest BCUT2D eigenvalue weighted by Gasteiger charge is -2.26. The van der Waals surface area contributed by atoms with Crippen LogP contribution in [-0.4, -0.2) is 11.1 Å². The molecule has 0 heterocycles. The highest BCUT2D eigenvalue weighted by molar-refractivity contribution is 6.31. The predicted octanol–water partition coefficient (Wildman–Crippen LogP) is 3.93. The lowest BCUT2D eigenvalue weighted by Crippen LogP contribution is -2.35. The second-order valence-electron chi connectivity index (χ2n) is 4.78. The van der Waals surface area contributed by atoms with Crippen LogP contribution in [-0.2, 0) is 16.6 Å². The Labute approximate surface area is 117 Å². The Morgan fingerprint density at radius 2 is 1.68 bits per heavy atom. The summed E-state index contributed by atoms with van der Waals surface area (Å²) in [5, 5.41) is 10.1. The number of carboxylic acids is 1. The van der Waals surface area contributed by atoms with Gasteiger partial charge in [0.05, 0.1) is 5.41 Å². The Morgan fingerprint density at radius 3 is 2.26 bits per heavy atom. The maximum Gasteiger partial charge on any atom is 0.314 e. The van der Waals surface area contributed by atoms with Gasteiger partial charge < -0.3 is 5.11 Å². The lowest BCUT2D eigenvalue weighted by atomic mass is 9.77. The van der Waals surface area contributed by atoms with Gasteiger partial charge in [-0.05, 0) is 30.5 Å². The third kappa shape index (κ3) is 2.79. The molecule has 0 spiro atoms. The number of carbonyl (C=O) groups is 1. The van der Waals surface area contributed by atoms with E-state index in [0.29, 0.717) is 17.0 Å². The molecule has 0 fully saturated rings. The second-order valence-corrected chi connectivity index (χ2v) is 5.19. The number of hydrogen-bond donors (Lipinski definition) is 1. The van der Waals surface area contributed by atoms with Crippen LogP contribution in [0.5, 0.6) is 0 Å². The summed E-state index contributed by atoms with van der Waals surface area (Å²) >= 11 is 6.16. The molecule has 0 aromatic heterocycles. The van der Waals surface area contributed by atoms with Gasteiger partial charge in [-0.25, -0.2) is 0 Å². The van der Waals surface area contributed by atoms with Crippen LogP contribution in [0.1, 0.15) is 18.1 Å². The number of benzene rings is 2. The zero-order chi connectivity index (χ0) is 13.9. The highest BCUT2D eigenvalue weighted by atomic mass is 35.5. The van der Waals surface area contributed by atoms with Crippen LogP contribution in [0.3, 0.4) is 0 Å². The normalized spacial score (nSPS) is 13.8. The summed E-state index contributed by atoms with van der Waals surface area (Å²) in [5.41, 5.74) is 0.597. The highest BCUT2D eigenvalue weighted by Gasteiger charge is 2.36. The van der Waals surface area contributed by atoms with Gasteiger partial charge in [-0.1, -0.05) is 60.1 Å². The summed E-state index contributed by atoms with van der Waals surface area (Å²) in [6, 6.07) is 16.7. The van der Waals surface area contributed by atoms with Gasteiger partial charge in [0.15, 0.2) is 0 Å². The molecule has 0 radical (unpaired) electrons. The minimum Gasteiger partial charge on any atom is -0.481 e. The largest absolute Gasteiger partial charge is 0.481 e. The van der Waals surface area contributed by atoms with E-state index in [4.69, 9.17) is 11.6 Å². The molecular weight excluding hydrogens is 260 g/mol. The summed E-state index contributed by atoms with van der Waals surface area (Å²) in [4.78, 5) is 11.7. The summed E-state index contributed by atoms with van der Waals surface area (Å²) in [7, 11) is 0. The number of hydrogen-bond acceptors (Lipinski definition) is 1. The van der Waals surface area contributed by atoms with Crippen LogP contribution >= 0.6 is 11.6 Å². The zero-order valence-corrected chi connectivity index (χ0v) is 11.4. The topological polar surface area (TPSA) is 37.3 Å². The molecule has 0 bridgehead atoms. The van der Waals surface area contributed by atoms with Crippen molar-refractivity contribution < 1.29 is 9.90 Å². The van der Waals surface area contributed by atoms with E-state index in [9.17, 15) is 9.90 Å². The van der Waals surface area contributed by atoms with E-state index in [1.807, 2.05) is 36.4 Å². The first-order valence-electron chi connectivity index (χ1n) is 6.06. The van der Waals surface area contributed by atoms with Gasteiger partial charge in [0.1, 0.15) is 0 Å². The molecule has 2 nitrogen and oxygen atoms in total. The quantitative estimate of drug-likeness (QED) is 0.917. The van der Waals surface area contributed by atoms with Crippen LogP contribution < -0.4 is 0 Å². The van der Waals surface area contributed by atoms with E-state index in [2.05, 4.69) is 0 Å². The van der Waals surface area contributed by atoms with Crippen LogP contribution in [0, 0.1) is 0 Å². The maximum atomic E-state index is 11.7. The second kappa shape index (κ2) is 5.45. The molecule has 3 heteroatoms. The summed E-state index contributed by atoms with van der Waals surface area (Å²) < 4.78 is 0. The number of carboxylic acid groups (broad SMARTS) is 1. The van der Waals surface area contributed by atoms with E-state index in [1.165, 1.54) is 0 Å². The Hall–Kier alpha value is -1.80. The average Bonchev–Trinajstić information content (AvgIpc) is 2.40. The van der Waals surface area contributed by atoms with Crippen molar-refractivity contribution in [1.82, 2.24) is 0 Å². The first-order chi connectivity index (χ1) is 9.04. The first kappa shape index (κ1) is 13.6. The van der Waals surface area contributed by atoms with E-state index in [-0.39, 0.29) is 0 Å². The highest BCUT2D eigenvalue weighted by Crippen LogP contribution is 2.33. The minimum absolute atomic E-state index is 0.410. The molecule has 0 aliphatic carbocycles. The number of halogens is 1. The third-order valence-corrected chi connectivity index (χ3v) is 3.67. The fraction of sp³-hybridized carbons (Fsp3) is 0.188. The third-order valence-electron chi connectivity index (χ3n) is 3.34. The Morgan fingerprint density at radius 1 is 1.11 bits per heavy atom. The van der Waals surface area contributed by atoms with Crippen molar-refractivity contribution in [3.05, 3.63) is 70.7 Å². The molecule has 0 aliphatic heterocycles. The van der Waals surface area contributed by atoms with Crippen molar-refractivity contribution in [2.45, 2.75) is 18.8 Å². The van der Waals surface area contributed by atoms with E-state index in [0.717, 1.165) is 5.56 Å². The molecular formula is C16H15ClO2. The summed E-state index contributed by atoms with van der Waals surface area (Å²) in [6.07, 6.45) is 0.410. The van der Waals surface area contributed by atoms with Crippen LogP contribution in [0.2, 0.25) is 5.02 Å². The standard InChI is InChI=1S/C16H15ClO2/c1-16(15(18)19,11-12-7-3-2-4-8-12)13-9-5-6-10-14(13)17/h2-10H,11H2,1H3,(H,18,19)/t16-/m0/s1. The Balaban J connectivity index is 2.45. The predicted molar refractivity (Wildman–Crippen MR) is 76.6 cm³/mol.